The molecule has 0 atom stereocenters. The fourth-order valence-electron chi connectivity index (χ4n) is 0. The molecule has 0 aliphatic heterocycles. The van der Waals surface area contributed by atoms with Gasteiger partial charge in [-0.15, -0.1) is 0 Å². The Bertz CT molecular complexity index is 121. The highest BCUT2D eigenvalue weighted by Crippen LogP contribution is 1.67. The maximum atomic E-state index is 9.00. The van der Waals surface area contributed by atoms with Crippen LogP contribution in [0.1, 0.15) is 6.92 Å². The maximum absolute atomic E-state index is 9.00. The molecule has 0 aromatic rings. The second-order valence-corrected chi connectivity index (χ2v) is 2.60. The van der Waals surface area contributed by atoms with Crippen molar-refractivity contribution in [2.45, 2.75) is 6.92 Å². The van der Waals surface area contributed by atoms with Crippen molar-refractivity contribution in [1.29, 1.82) is 0 Å². The summed E-state index contributed by atoms with van der Waals surface area (Å²) in [6.07, 6.45) is -1.83. The van der Waals surface area contributed by atoms with E-state index in [4.69, 9.17) is 44.1 Å². The highest BCUT2D eigenvalue weighted by molar-refractivity contribution is 6.46. The van der Waals surface area contributed by atoms with E-state index in [9.17, 15) is 0 Å². The molecule has 0 spiro atoms. The first-order valence-electron chi connectivity index (χ1n) is 2.47. The van der Waals surface area contributed by atoms with E-state index in [1.165, 1.54) is 0 Å². The first kappa shape index (κ1) is 17.8. The molecule has 9 nitrogen and oxygen atoms in total. The molecular weight excluding hydrogens is 208 g/mol. The molecule has 0 unspecified atom stereocenters. The van der Waals surface area contributed by atoms with Crippen LogP contribution in [-0.4, -0.2) is 55.7 Å². The third-order valence-corrected chi connectivity index (χ3v) is 0. The molecule has 0 bridgehead atoms. The molecule has 13 heavy (non-hydrogen) atoms. The Hall–Kier alpha value is -1.20. The Labute approximate surface area is 73.2 Å². The van der Waals surface area contributed by atoms with E-state index in [0.29, 0.717) is 0 Å². The van der Waals surface area contributed by atoms with Crippen LogP contribution in [-0.2, 0) is 4.79 Å². The number of hydrogen-bond acceptors (Lipinski definition) is 6. The lowest BCUT2D eigenvalue weighted by molar-refractivity contribution is -0.134. The van der Waals surface area contributed by atoms with Gasteiger partial charge in [-0.05, 0) is 0 Å². The van der Waals surface area contributed by atoms with Crippen LogP contribution in [0.5, 0.6) is 0 Å². The Morgan fingerprint density at radius 3 is 0.923 bits per heavy atom. The van der Waals surface area contributed by atoms with Crippen LogP contribution in [0.25, 0.3) is 0 Å². The van der Waals surface area contributed by atoms with Crippen molar-refractivity contribution in [1.82, 2.24) is 0 Å². The van der Waals surface area contributed by atoms with Crippen molar-refractivity contribution in [3.63, 3.8) is 0 Å². The van der Waals surface area contributed by atoms with Crippen LogP contribution < -0.4 is 0 Å². The lowest BCUT2D eigenvalue weighted by atomic mass is 10.9. The van der Waals surface area contributed by atoms with Gasteiger partial charge in [-0.25, -0.2) is 4.79 Å². The van der Waals surface area contributed by atoms with Crippen molar-refractivity contribution in [3.05, 3.63) is 0 Å². The minimum atomic E-state index is -4.61. The Morgan fingerprint density at radius 1 is 0.923 bits per heavy atom. The van der Waals surface area contributed by atoms with E-state index in [1.807, 2.05) is 0 Å². The summed E-state index contributed by atoms with van der Waals surface area (Å²) in [5, 5.41) is 21.4. The van der Waals surface area contributed by atoms with Gasteiger partial charge in [0, 0.05) is 6.92 Å². The van der Waals surface area contributed by atoms with E-state index < -0.39 is 21.2 Å². The topological polar surface area (TPSA) is 176 Å². The predicted octanol–water partition coefficient (Wildman–Crippen LogP) is -2.30. The van der Waals surface area contributed by atoms with Crippen LogP contribution in [0.15, 0.2) is 0 Å². The minimum absolute atomic E-state index is 0.833. The van der Waals surface area contributed by atoms with Crippen molar-refractivity contribution in [2.24, 2.45) is 0 Å². The smallest absolute Gasteiger partial charge is 0.481 e. The molecule has 0 rings (SSSR count). The van der Waals surface area contributed by atoms with Gasteiger partial charge in [0.05, 0.1) is 0 Å². The summed E-state index contributed by atoms with van der Waals surface area (Å²) in [5.74, 6) is -0.833. The molecule has 0 aromatic heterocycles. The van der Waals surface area contributed by atoms with Gasteiger partial charge in [0.15, 0.2) is 0 Å². The fourth-order valence-corrected chi connectivity index (χ4v) is 0. The molecule has 7 N–H and O–H groups in total. The molecule has 80 valence electrons. The van der Waals surface area contributed by atoms with E-state index in [-0.39, 0.29) is 0 Å². The standard InChI is InChI=1S/C2H4O2.CH2O3.H4O4Si/c1-2(3)4;2-1(3)4;1-5(2,3)4/h1H3,(H,3,4);(H2,2,3,4);1-4H. The van der Waals surface area contributed by atoms with Crippen LogP contribution in [0.2, 0.25) is 0 Å². The van der Waals surface area contributed by atoms with Crippen LogP contribution in [0.4, 0.5) is 4.79 Å². The lowest BCUT2D eigenvalue weighted by Crippen LogP contribution is -2.33. The quantitative estimate of drug-likeness (QED) is 0.220. The highest BCUT2D eigenvalue weighted by Gasteiger charge is 2.22. The zero-order valence-electron chi connectivity index (χ0n) is 6.45. The summed E-state index contributed by atoms with van der Waals surface area (Å²) < 4.78 is 0. The number of rotatable bonds is 0. The number of carboxylic acids is 1. The highest BCUT2D eigenvalue weighted by atomic mass is 28.4. The Morgan fingerprint density at radius 2 is 0.923 bits per heavy atom. The summed E-state index contributed by atoms with van der Waals surface area (Å²) >= 11 is 0. The summed E-state index contributed by atoms with van der Waals surface area (Å²) in [6, 6.07) is 0. The monoisotopic (exact) mass is 218 g/mol. The SMILES string of the molecule is CC(=O)O.O=C(O)O.O[Si](O)(O)O. The van der Waals surface area contributed by atoms with Gasteiger partial charge < -0.3 is 34.5 Å². The second kappa shape index (κ2) is 8.89. The largest absolute Gasteiger partial charge is 0.668 e. The molecule has 0 fully saturated rings. The third kappa shape index (κ3) is 577. The van der Waals surface area contributed by atoms with Gasteiger partial charge in [-0.1, -0.05) is 0 Å². The van der Waals surface area contributed by atoms with Gasteiger partial charge in [-0.3, -0.25) is 4.79 Å². The number of aliphatic carboxylic acids is 1. The molecule has 0 saturated heterocycles. The summed E-state index contributed by atoms with van der Waals surface area (Å²) in [7, 11) is -4.61. The first-order valence-corrected chi connectivity index (χ1v) is 4.26. The molecule has 0 amide bonds. The molecule has 0 radical (unpaired) electrons. The van der Waals surface area contributed by atoms with Crippen LogP contribution in [0, 0.1) is 0 Å². The van der Waals surface area contributed by atoms with Gasteiger partial charge >= 0.3 is 15.2 Å². The second-order valence-electron chi connectivity index (χ2n) is 1.40. The summed E-state index contributed by atoms with van der Waals surface area (Å²) in [6.45, 7) is 1.08. The van der Waals surface area contributed by atoms with E-state index in [1.54, 1.807) is 0 Å². The molecule has 0 aliphatic rings. The zero-order chi connectivity index (χ0) is 11.7. The normalized spacial score (nSPS) is 8.38. The molecule has 0 saturated carbocycles. The van der Waals surface area contributed by atoms with Crippen molar-refractivity contribution in [2.75, 3.05) is 0 Å². The lowest BCUT2D eigenvalue weighted by Gasteiger charge is -1.91. The third-order valence-electron chi connectivity index (χ3n) is 0. The number of carboxylic acid groups (broad SMARTS) is 3. The van der Waals surface area contributed by atoms with Crippen molar-refractivity contribution < 1.29 is 44.1 Å². The first-order chi connectivity index (χ1) is 5.46. The van der Waals surface area contributed by atoms with Gasteiger partial charge in [0.25, 0.3) is 5.97 Å². The maximum Gasteiger partial charge on any atom is 0.668 e. The predicted molar refractivity (Wildman–Crippen MR) is 38.6 cm³/mol. The molecule has 10 heteroatoms. The zero-order valence-corrected chi connectivity index (χ0v) is 7.45. The molecule has 0 aromatic carbocycles. The minimum Gasteiger partial charge on any atom is -0.481 e. The number of hydrogen-bond donors (Lipinski definition) is 7. The summed E-state index contributed by atoms with van der Waals surface area (Å²) in [4.78, 5) is 46.9. The van der Waals surface area contributed by atoms with Gasteiger partial charge in [-0.2, -0.15) is 0 Å². The van der Waals surface area contributed by atoms with Gasteiger partial charge in [0.1, 0.15) is 0 Å². The molecule has 0 heterocycles. The Balaban J connectivity index is -0.000000117. The number of carbonyl (C=O) groups is 2. The Kier molecular flexibility index (Phi) is 12.2. The van der Waals surface area contributed by atoms with Crippen molar-refractivity contribution >= 4 is 21.2 Å². The molecular formula is C3H10O9Si. The van der Waals surface area contributed by atoms with E-state index in [0.717, 1.165) is 6.92 Å². The van der Waals surface area contributed by atoms with E-state index in [2.05, 4.69) is 0 Å². The average Bonchev–Trinajstić information content (AvgIpc) is 1.50. The van der Waals surface area contributed by atoms with Crippen LogP contribution in [0.3, 0.4) is 0 Å². The molecule has 0 aliphatic carbocycles. The van der Waals surface area contributed by atoms with E-state index >= 15 is 0 Å². The average molecular weight is 218 g/mol. The van der Waals surface area contributed by atoms with Crippen molar-refractivity contribution in [3.8, 4) is 0 Å². The van der Waals surface area contributed by atoms with Gasteiger partial charge in [0.2, 0.25) is 0 Å². The summed E-state index contributed by atoms with van der Waals surface area (Å²) in [5.41, 5.74) is 0. The van der Waals surface area contributed by atoms with Crippen LogP contribution >= 0.6 is 0 Å². The fraction of sp³-hybridized carbons (Fsp3) is 0.333.